The monoisotopic (exact) mass is 299 g/mol. The second-order valence-electron chi connectivity index (χ2n) is 5.30. The molecule has 1 unspecified atom stereocenters. The van der Waals surface area contributed by atoms with Gasteiger partial charge in [-0.1, -0.05) is 42.8 Å². The maximum absolute atomic E-state index is 6.38. The summed E-state index contributed by atoms with van der Waals surface area (Å²) in [5.74, 6) is 0.802. The van der Waals surface area contributed by atoms with E-state index in [1.165, 1.54) is 5.56 Å². The largest absolute Gasteiger partial charge is 0.459 e. The van der Waals surface area contributed by atoms with Gasteiger partial charge >= 0.3 is 0 Å². The summed E-state index contributed by atoms with van der Waals surface area (Å²) in [6, 6.07) is 13.8. The Kier molecular flexibility index (Phi) is 3.75. The number of benzene rings is 2. The molecule has 2 nitrogen and oxygen atoms in total. The summed E-state index contributed by atoms with van der Waals surface area (Å²) < 4.78 is 5.94. The Morgan fingerprint density at radius 2 is 1.86 bits per heavy atom. The van der Waals surface area contributed by atoms with Crippen molar-refractivity contribution < 1.29 is 4.42 Å². The van der Waals surface area contributed by atoms with Crippen molar-refractivity contribution in [2.45, 2.75) is 26.3 Å². The molecule has 0 aliphatic rings. The van der Waals surface area contributed by atoms with Crippen LogP contribution in [0.25, 0.3) is 11.0 Å². The predicted molar refractivity (Wildman–Crippen MR) is 87.8 cm³/mol. The van der Waals surface area contributed by atoms with Crippen LogP contribution in [0.1, 0.15) is 35.4 Å². The van der Waals surface area contributed by atoms with Gasteiger partial charge in [-0.05, 0) is 42.7 Å². The van der Waals surface area contributed by atoms with Crippen molar-refractivity contribution in [2.75, 3.05) is 0 Å². The van der Waals surface area contributed by atoms with Gasteiger partial charge in [-0.15, -0.1) is 0 Å². The molecule has 2 N–H and O–H groups in total. The lowest BCUT2D eigenvalue weighted by Gasteiger charge is -2.11. The van der Waals surface area contributed by atoms with Crippen LogP contribution in [0.15, 0.2) is 46.9 Å². The highest BCUT2D eigenvalue weighted by Gasteiger charge is 2.18. The molecule has 0 aliphatic heterocycles. The molecule has 0 spiro atoms. The summed E-state index contributed by atoms with van der Waals surface area (Å²) in [5, 5.41) is 1.73. The van der Waals surface area contributed by atoms with Crippen molar-refractivity contribution in [3.05, 3.63) is 69.9 Å². The molecule has 3 heteroatoms. The number of fused-ring (bicyclic) bond motifs is 1. The molecule has 0 saturated heterocycles. The van der Waals surface area contributed by atoms with Crippen LogP contribution >= 0.6 is 11.6 Å². The lowest BCUT2D eigenvalue weighted by atomic mass is 10.00. The van der Waals surface area contributed by atoms with Crippen molar-refractivity contribution in [2.24, 2.45) is 5.73 Å². The van der Waals surface area contributed by atoms with Gasteiger partial charge in [0.05, 0.1) is 6.04 Å². The quantitative estimate of drug-likeness (QED) is 0.738. The molecule has 2 aromatic carbocycles. The predicted octanol–water partition coefficient (Wildman–Crippen LogP) is 5.01. The first-order chi connectivity index (χ1) is 10.1. The fraction of sp³-hybridized carbons (Fsp3) is 0.222. The standard InChI is InChI=1S/C18H18ClNO/c1-3-12-4-6-13(7-5-12)17(20)18-11(2)15-10-14(19)8-9-16(15)21-18/h4-10,17H,3,20H2,1-2H3. The Bertz CT molecular complexity index is 774. The van der Waals surface area contributed by atoms with Crippen molar-refractivity contribution in [1.82, 2.24) is 0 Å². The molecule has 0 bridgehead atoms. The number of hydrogen-bond acceptors (Lipinski definition) is 2. The van der Waals surface area contributed by atoms with Crippen LogP contribution in [0.4, 0.5) is 0 Å². The third kappa shape index (κ3) is 2.57. The third-order valence-electron chi connectivity index (χ3n) is 3.96. The molecular formula is C18H18ClNO. The van der Waals surface area contributed by atoms with Gasteiger partial charge in [0.2, 0.25) is 0 Å². The van der Waals surface area contributed by atoms with E-state index in [2.05, 4.69) is 31.2 Å². The van der Waals surface area contributed by atoms with E-state index < -0.39 is 0 Å². The third-order valence-corrected chi connectivity index (χ3v) is 4.20. The lowest BCUT2D eigenvalue weighted by molar-refractivity contribution is 0.521. The summed E-state index contributed by atoms with van der Waals surface area (Å²) in [6.45, 7) is 4.17. The Hall–Kier alpha value is -1.77. The van der Waals surface area contributed by atoms with E-state index in [4.69, 9.17) is 21.8 Å². The summed E-state index contributed by atoms with van der Waals surface area (Å²) >= 11 is 6.06. The van der Waals surface area contributed by atoms with Crippen LogP contribution in [-0.4, -0.2) is 0 Å². The van der Waals surface area contributed by atoms with Crippen LogP contribution in [0.3, 0.4) is 0 Å². The zero-order valence-electron chi connectivity index (χ0n) is 12.2. The second kappa shape index (κ2) is 5.55. The first-order valence-corrected chi connectivity index (χ1v) is 7.51. The van der Waals surface area contributed by atoms with Crippen LogP contribution in [0.2, 0.25) is 5.02 Å². The van der Waals surface area contributed by atoms with Gasteiger partial charge in [0.1, 0.15) is 11.3 Å². The Balaban J connectivity index is 2.04. The average Bonchev–Trinajstić information content (AvgIpc) is 2.83. The van der Waals surface area contributed by atoms with Gasteiger partial charge in [0.15, 0.2) is 0 Å². The highest BCUT2D eigenvalue weighted by molar-refractivity contribution is 6.31. The van der Waals surface area contributed by atoms with E-state index in [9.17, 15) is 0 Å². The molecular weight excluding hydrogens is 282 g/mol. The van der Waals surface area contributed by atoms with Gasteiger partial charge in [0, 0.05) is 16.0 Å². The summed E-state index contributed by atoms with van der Waals surface area (Å²) in [7, 11) is 0. The van der Waals surface area contributed by atoms with E-state index in [1.807, 2.05) is 25.1 Å². The number of nitrogens with two attached hydrogens (primary N) is 1. The number of hydrogen-bond donors (Lipinski definition) is 1. The molecule has 0 fully saturated rings. The van der Waals surface area contributed by atoms with E-state index in [0.29, 0.717) is 5.02 Å². The van der Waals surface area contributed by atoms with Crippen LogP contribution in [-0.2, 0) is 6.42 Å². The average molecular weight is 300 g/mol. The van der Waals surface area contributed by atoms with Gasteiger partial charge in [0.25, 0.3) is 0 Å². The van der Waals surface area contributed by atoms with Crippen molar-refractivity contribution in [1.29, 1.82) is 0 Å². The molecule has 1 heterocycles. The molecule has 0 radical (unpaired) electrons. The van der Waals surface area contributed by atoms with Crippen molar-refractivity contribution >= 4 is 22.6 Å². The molecule has 0 saturated carbocycles. The van der Waals surface area contributed by atoms with E-state index in [0.717, 1.165) is 34.3 Å². The van der Waals surface area contributed by atoms with Gasteiger partial charge in [-0.25, -0.2) is 0 Å². The van der Waals surface area contributed by atoms with E-state index in [-0.39, 0.29) is 6.04 Å². The van der Waals surface area contributed by atoms with E-state index in [1.54, 1.807) is 0 Å². The first kappa shape index (κ1) is 14.2. The molecule has 1 atom stereocenters. The second-order valence-corrected chi connectivity index (χ2v) is 5.74. The SMILES string of the molecule is CCc1ccc(C(N)c2oc3ccc(Cl)cc3c2C)cc1. The van der Waals surface area contributed by atoms with Gasteiger partial charge in [-0.2, -0.15) is 0 Å². The minimum absolute atomic E-state index is 0.262. The van der Waals surface area contributed by atoms with Crippen molar-refractivity contribution in [3.63, 3.8) is 0 Å². The lowest BCUT2D eigenvalue weighted by Crippen LogP contribution is -2.12. The highest BCUT2D eigenvalue weighted by Crippen LogP contribution is 2.33. The Morgan fingerprint density at radius 3 is 2.52 bits per heavy atom. The maximum atomic E-state index is 6.38. The topological polar surface area (TPSA) is 39.2 Å². The number of rotatable bonds is 3. The molecule has 0 aliphatic carbocycles. The fourth-order valence-electron chi connectivity index (χ4n) is 2.62. The fourth-order valence-corrected chi connectivity index (χ4v) is 2.79. The molecule has 3 rings (SSSR count). The number of furan rings is 1. The smallest absolute Gasteiger partial charge is 0.134 e. The van der Waals surface area contributed by atoms with Gasteiger partial charge in [-0.3, -0.25) is 0 Å². The summed E-state index contributed by atoms with van der Waals surface area (Å²) in [4.78, 5) is 0. The normalized spacial score (nSPS) is 12.8. The maximum Gasteiger partial charge on any atom is 0.134 e. The summed E-state index contributed by atoms with van der Waals surface area (Å²) in [5.41, 5.74) is 10.6. The molecule has 21 heavy (non-hydrogen) atoms. The zero-order valence-corrected chi connectivity index (χ0v) is 12.9. The minimum atomic E-state index is -0.262. The van der Waals surface area contributed by atoms with Crippen molar-refractivity contribution in [3.8, 4) is 0 Å². The highest BCUT2D eigenvalue weighted by atomic mass is 35.5. The Labute approximate surface area is 129 Å². The first-order valence-electron chi connectivity index (χ1n) is 7.13. The zero-order chi connectivity index (χ0) is 15.0. The minimum Gasteiger partial charge on any atom is -0.459 e. The van der Waals surface area contributed by atoms with Crippen LogP contribution < -0.4 is 5.73 Å². The Morgan fingerprint density at radius 1 is 1.14 bits per heavy atom. The van der Waals surface area contributed by atoms with E-state index >= 15 is 0 Å². The number of aryl methyl sites for hydroxylation is 2. The molecule has 3 aromatic rings. The molecule has 1 aromatic heterocycles. The molecule has 0 amide bonds. The summed E-state index contributed by atoms with van der Waals surface area (Å²) in [6.07, 6.45) is 1.03. The van der Waals surface area contributed by atoms with Crippen LogP contribution in [0, 0.1) is 6.92 Å². The number of halogens is 1. The van der Waals surface area contributed by atoms with Crippen LogP contribution in [0.5, 0.6) is 0 Å². The van der Waals surface area contributed by atoms with Gasteiger partial charge < -0.3 is 10.2 Å². The molecule has 108 valence electrons.